The van der Waals surface area contributed by atoms with Crippen molar-refractivity contribution in [1.82, 2.24) is 10.2 Å². The predicted octanol–water partition coefficient (Wildman–Crippen LogP) is 3.36. The molecular formula is C15H21BrClFN2O. The maximum absolute atomic E-state index is 13.7. The van der Waals surface area contributed by atoms with Crippen LogP contribution in [-0.4, -0.2) is 30.9 Å². The van der Waals surface area contributed by atoms with Gasteiger partial charge in [0.15, 0.2) is 0 Å². The zero-order valence-electron chi connectivity index (χ0n) is 12.1. The Bertz CT molecular complexity index is 481. The lowest BCUT2D eigenvalue weighted by molar-refractivity contribution is -0.130. The maximum atomic E-state index is 13.7. The molecule has 1 amide bonds. The van der Waals surface area contributed by atoms with Crippen molar-refractivity contribution in [3.63, 3.8) is 0 Å². The van der Waals surface area contributed by atoms with Crippen molar-refractivity contribution in [2.75, 3.05) is 20.1 Å². The van der Waals surface area contributed by atoms with E-state index in [4.69, 9.17) is 0 Å². The molecule has 0 bridgehead atoms. The quantitative estimate of drug-likeness (QED) is 0.851. The van der Waals surface area contributed by atoms with Crippen LogP contribution in [0.3, 0.4) is 0 Å². The highest BCUT2D eigenvalue weighted by Gasteiger charge is 2.18. The van der Waals surface area contributed by atoms with Gasteiger partial charge < -0.3 is 10.2 Å². The maximum Gasteiger partial charge on any atom is 0.222 e. The average molecular weight is 380 g/mol. The standard InChI is InChI=1S/C15H20BrFN2O.ClH/c1-19(10-12-8-13(16)3-4-14(12)17)15(20)5-2-11-6-7-18-9-11;/h3-4,8,11,18H,2,5-7,9-10H2,1H3;1H. The summed E-state index contributed by atoms with van der Waals surface area (Å²) in [6.45, 7) is 2.38. The van der Waals surface area contributed by atoms with Crippen molar-refractivity contribution in [2.24, 2.45) is 5.92 Å². The Morgan fingerprint density at radius 1 is 1.52 bits per heavy atom. The van der Waals surface area contributed by atoms with E-state index in [1.807, 2.05) is 0 Å². The highest BCUT2D eigenvalue weighted by molar-refractivity contribution is 9.10. The van der Waals surface area contributed by atoms with Gasteiger partial charge in [-0.15, -0.1) is 12.4 Å². The Morgan fingerprint density at radius 3 is 2.95 bits per heavy atom. The van der Waals surface area contributed by atoms with E-state index in [-0.39, 0.29) is 24.1 Å². The van der Waals surface area contributed by atoms with Gasteiger partial charge in [-0.25, -0.2) is 4.39 Å². The van der Waals surface area contributed by atoms with Crippen molar-refractivity contribution in [2.45, 2.75) is 25.8 Å². The van der Waals surface area contributed by atoms with Crippen molar-refractivity contribution < 1.29 is 9.18 Å². The van der Waals surface area contributed by atoms with Gasteiger partial charge in [0.1, 0.15) is 5.82 Å². The minimum atomic E-state index is -0.271. The molecule has 1 N–H and O–H groups in total. The molecule has 0 radical (unpaired) electrons. The van der Waals surface area contributed by atoms with Crippen LogP contribution in [0.25, 0.3) is 0 Å². The van der Waals surface area contributed by atoms with E-state index in [1.165, 1.54) is 6.07 Å². The van der Waals surface area contributed by atoms with E-state index in [2.05, 4.69) is 21.2 Å². The molecule has 1 atom stereocenters. The summed E-state index contributed by atoms with van der Waals surface area (Å²) in [7, 11) is 1.73. The van der Waals surface area contributed by atoms with Gasteiger partial charge in [-0.05, 0) is 50.0 Å². The summed E-state index contributed by atoms with van der Waals surface area (Å²) in [6.07, 6.45) is 2.60. The summed E-state index contributed by atoms with van der Waals surface area (Å²) in [5.74, 6) is 0.416. The monoisotopic (exact) mass is 378 g/mol. The first-order valence-electron chi connectivity index (χ1n) is 6.95. The Morgan fingerprint density at radius 2 is 2.29 bits per heavy atom. The molecule has 0 aliphatic carbocycles. The fraction of sp³-hybridized carbons (Fsp3) is 0.533. The molecule has 1 fully saturated rings. The van der Waals surface area contributed by atoms with Crippen molar-refractivity contribution >= 4 is 34.2 Å². The summed E-state index contributed by atoms with van der Waals surface area (Å²) in [5.41, 5.74) is 0.540. The summed E-state index contributed by atoms with van der Waals surface area (Å²) in [5, 5.41) is 3.30. The fourth-order valence-electron chi connectivity index (χ4n) is 2.49. The number of amides is 1. The van der Waals surface area contributed by atoms with Crippen LogP contribution < -0.4 is 5.32 Å². The summed E-state index contributed by atoms with van der Waals surface area (Å²) in [6, 6.07) is 4.80. The Labute approximate surface area is 139 Å². The van der Waals surface area contributed by atoms with Gasteiger partial charge >= 0.3 is 0 Å². The Hall–Kier alpha value is -0.650. The Balaban J connectivity index is 0.00000220. The van der Waals surface area contributed by atoms with Gasteiger partial charge in [0, 0.05) is 30.0 Å². The normalized spacial score (nSPS) is 17.4. The van der Waals surface area contributed by atoms with Crippen LogP contribution in [-0.2, 0) is 11.3 Å². The van der Waals surface area contributed by atoms with Crippen LogP contribution in [0.15, 0.2) is 22.7 Å². The largest absolute Gasteiger partial charge is 0.341 e. The lowest BCUT2D eigenvalue weighted by Gasteiger charge is -2.19. The van der Waals surface area contributed by atoms with Crippen LogP contribution in [0.1, 0.15) is 24.8 Å². The lowest BCUT2D eigenvalue weighted by Crippen LogP contribution is -2.27. The highest BCUT2D eigenvalue weighted by Crippen LogP contribution is 2.18. The van der Waals surface area contributed by atoms with Crippen molar-refractivity contribution in [3.8, 4) is 0 Å². The zero-order valence-corrected chi connectivity index (χ0v) is 14.5. The molecule has 0 spiro atoms. The summed E-state index contributed by atoms with van der Waals surface area (Å²) in [4.78, 5) is 13.7. The third-order valence-electron chi connectivity index (χ3n) is 3.77. The van der Waals surface area contributed by atoms with Crippen LogP contribution in [0.2, 0.25) is 0 Å². The summed E-state index contributed by atoms with van der Waals surface area (Å²) < 4.78 is 14.5. The number of rotatable bonds is 5. The first kappa shape index (κ1) is 18.4. The van der Waals surface area contributed by atoms with E-state index >= 15 is 0 Å². The number of carbonyl (C=O) groups excluding carboxylic acids is 1. The molecule has 1 aliphatic heterocycles. The van der Waals surface area contributed by atoms with Gasteiger partial charge in [-0.1, -0.05) is 15.9 Å². The number of carbonyl (C=O) groups is 1. The first-order valence-corrected chi connectivity index (χ1v) is 7.74. The minimum Gasteiger partial charge on any atom is -0.341 e. The van der Waals surface area contributed by atoms with Crippen molar-refractivity contribution in [1.29, 1.82) is 0 Å². The predicted molar refractivity (Wildman–Crippen MR) is 88.0 cm³/mol. The minimum absolute atomic E-state index is 0. The van der Waals surface area contributed by atoms with Crippen molar-refractivity contribution in [3.05, 3.63) is 34.1 Å². The van der Waals surface area contributed by atoms with Crippen LogP contribution in [0, 0.1) is 11.7 Å². The van der Waals surface area contributed by atoms with E-state index in [1.54, 1.807) is 24.1 Å². The molecule has 3 nitrogen and oxygen atoms in total. The van der Waals surface area contributed by atoms with Gasteiger partial charge in [-0.2, -0.15) is 0 Å². The lowest BCUT2D eigenvalue weighted by atomic mass is 10.0. The molecule has 0 aromatic heterocycles. The number of nitrogens with zero attached hydrogens (tertiary/aromatic N) is 1. The number of nitrogens with one attached hydrogen (secondary N) is 1. The molecule has 1 aromatic carbocycles. The van der Waals surface area contributed by atoms with E-state index < -0.39 is 0 Å². The molecule has 1 heterocycles. The molecule has 21 heavy (non-hydrogen) atoms. The molecular weight excluding hydrogens is 359 g/mol. The van der Waals surface area contributed by atoms with Gasteiger partial charge in [-0.3, -0.25) is 4.79 Å². The smallest absolute Gasteiger partial charge is 0.222 e. The molecule has 1 aromatic rings. The summed E-state index contributed by atoms with van der Waals surface area (Å²) >= 11 is 3.32. The van der Waals surface area contributed by atoms with E-state index in [9.17, 15) is 9.18 Å². The number of benzene rings is 1. The molecule has 1 aliphatic rings. The second kappa shape index (κ2) is 8.71. The van der Waals surface area contributed by atoms with Gasteiger partial charge in [0.05, 0.1) is 0 Å². The molecule has 1 unspecified atom stereocenters. The second-order valence-corrected chi connectivity index (χ2v) is 6.30. The van der Waals surface area contributed by atoms with Crippen LogP contribution in [0.5, 0.6) is 0 Å². The molecule has 2 rings (SSSR count). The first-order chi connectivity index (χ1) is 9.56. The number of hydrogen-bond donors (Lipinski definition) is 1. The topological polar surface area (TPSA) is 32.3 Å². The molecule has 1 saturated heterocycles. The molecule has 0 saturated carbocycles. The Kier molecular flexibility index (Phi) is 7.63. The van der Waals surface area contributed by atoms with Gasteiger partial charge in [0.25, 0.3) is 0 Å². The highest BCUT2D eigenvalue weighted by atomic mass is 79.9. The molecule has 6 heteroatoms. The fourth-order valence-corrected chi connectivity index (χ4v) is 2.90. The SMILES string of the molecule is CN(Cc1cc(Br)ccc1F)C(=O)CCC1CCNC1.Cl. The third kappa shape index (κ3) is 5.57. The van der Waals surface area contributed by atoms with E-state index in [0.29, 0.717) is 24.4 Å². The third-order valence-corrected chi connectivity index (χ3v) is 4.26. The van der Waals surface area contributed by atoms with Gasteiger partial charge in [0.2, 0.25) is 5.91 Å². The van der Waals surface area contributed by atoms with Crippen LogP contribution >= 0.6 is 28.3 Å². The van der Waals surface area contributed by atoms with Crippen LogP contribution in [0.4, 0.5) is 4.39 Å². The number of hydrogen-bond acceptors (Lipinski definition) is 2. The number of halogens is 3. The second-order valence-electron chi connectivity index (χ2n) is 5.38. The average Bonchev–Trinajstić information content (AvgIpc) is 2.93. The van der Waals surface area contributed by atoms with E-state index in [0.717, 1.165) is 30.4 Å². The molecule has 118 valence electrons. The zero-order chi connectivity index (χ0) is 14.5.